The van der Waals surface area contributed by atoms with Crippen molar-refractivity contribution in [3.05, 3.63) is 58.6 Å². The molecule has 0 saturated heterocycles. The highest BCUT2D eigenvalue weighted by atomic mass is 79.9. The zero-order chi connectivity index (χ0) is 18.9. The lowest BCUT2D eigenvalue weighted by atomic mass is 10.1. The highest BCUT2D eigenvalue weighted by Crippen LogP contribution is 2.27. The highest BCUT2D eigenvalue weighted by Gasteiger charge is 2.16. The summed E-state index contributed by atoms with van der Waals surface area (Å²) < 4.78 is 38.7. The van der Waals surface area contributed by atoms with E-state index < -0.39 is 9.84 Å². The van der Waals surface area contributed by atoms with Gasteiger partial charge in [0.1, 0.15) is 18.0 Å². The predicted octanol–water partition coefficient (Wildman–Crippen LogP) is 3.96. The van der Waals surface area contributed by atoms with Gasteiger partial charge in [-0.05, 0) is 43.3 Å². The number of aromatic nitrogens is 2. The lowest BCUT2D eigenvalue weighted by molar-refractivity contribution is 0.602. The van der Waals surface area contributed by atoms with E-state index in [9.17, 15) is 12.8 Å². The summed E-state index contributed by atoms with van der Waals surface area (Å²) in [6.07, 6.45) is 2.59. The maximum atomic E-state index is 14.2. The number of fused-ring (bicyclic) bond motifs is 1. The first kappa shape index (κ1) is 18.7. The quantitative estimate of drug-likeness (QED) is 0.604. The average Bonchev–Trinajstić information content (AvgIpc) is 2.61. The Labute approximate surface area is 159 Å². The third kappa shape index (κ3) is 3.86. The largest absolute Gasteiger partial charge is 0.352 e. The van der Waals surface area contributed by atoms with Gasteiger partial charge in [-0.15, -0.1) is 0 Å². The molecule has 5 nitrogen and oxygen atoms in total. The van der Waals surface area contributed by atoms with Gasteiger partial charge in [-0.1, -0.05) is 15.9 Å². The van der Waals surface area contributed by atoms with Crippen molar-refractivity contribution in [1.29, 1.82) is 0 Å². The summed E-state index contributed by atoms with van der Waals surface area (Å²) in [6, 6.07) is 9.53. The van der Waals surface area contributed by atoms with E-state index in [1.165, 1.54) is 18.5 Å². The SMILES string of the molecule is CCN(Cc1cc(Br)ccc1F)c1ncnc2ccc(S(C)(=O)=O)cc12. The minimum absolute atomic E-state index is 0.200. The molecule has 0 radical (unpaired) electrons. The van der Waals surface area contributed by atoms with Gasteiger partial charge in [0.15, 0.2) is 9.84 Å². The number of nitrogens with zero attached hydrogens (tertiary/aromatic N) is 3. The van der Waals surface area contributed by atoms with Crippen LogP contribution in [0.4, 0.5) is 10.2 Å². The standard InChI is InChI=1S/C18H17BrFN3O2S/c1-3-23(10-12-8-13(19)4-6-16(12)20)18-15-9-14(26(2,24)25)5-7-17(15)21-11-22-18/h4-9,11H,3,10H2,1-2H3. The normalized spacial score (nSPS) is 11.7. The molecule has 8 heteroatoms. The Bertz CT molecular complexity index is 1070. The zero-order valence-electron chi connectivity index (χ0n) is 14.3. The third-order valence-corrected chi connectivity index (χ3v) is 5.67. The van der Waals surface area contributed by atoms with Crippen LogP contribution < -0.4 is 4.90 Å². The van der Waals surface area contributed by atoms with E-state index in [1.54, 1.807) is 24.3 Å². The van der Waals surface area contributed by atoms with Crippen LogP contribution in [0.15, 0.2) is 52.1 Å². The van der Waals surface area contributed by atoms with Crippen LogP contribution in [0, 0.1) is 5.82 Å². The molecule has 0 aliphatic carbocycles. The molecule has 3 aromatic rings. The van der Waals surface area contributed by atoms with Gasteiger partial charge >= 0.3 is 0 Å². The summed E-state index contributed by atoms with van der Waals surface area (Å²) in [6.45, 7) is 2.81. The average molecular weight is 438 g/mol. The molecule has 3 rings (SSSR count). The molecule has 26 heavy (non-hydrogen) atoms. The predicted molar refractivity (Wildman–Crippen MR) is 103 cm³/mol. The first-order valence-electron chi connectivity index (χ1n) is 7.93. The molecule has 0 amide bonds. The minimum atomic E-state index is -3.35. The van der Waals surface area contributed by atoms with Crippen molar-refractivity contribution in [3.63, 3.8) is 0 Å². The summed E-state index contributed by atoms with van der Waals surface area (Å²) >= 11 is 3.36. The Balaban J connectivity index is 2.10. The van der Waals surface area contributed by atoms with Gasteiger partial charge in [-0.25, -0.2) is 22.8 Å². The lowest BCUT2D eigenvalue weighted by Crippen LogP contribution is -2.24. The number of benzene rings is 2. The molecule has 0 saturated carbocycles. The van der Waals surface area contributed by atoms with Gasteiger partial charge in [0.2, 0.25) is 0 Å². The molecule has 0 aliphatic rings. The molecule has 0 unspecified atom stereocenters. The molecule has 136 valence electrons. The van der Waals surface area contributed by atoms with E-state index in [-0.39, 0.29) is 10.7 Å². The molecule has 0 fully saturated rings. The van der Waals surface area contributed by atoms with Crippen molar-refractivity contribution in [2.75, 3.05) is 17.7 Å². The van der Waals surface area contributed by atoms with Crippen molar-refractivity contribution in [2.45, 2.75) is 18.4 Å². The highest BCUT2D eigenvalue weighted by molar-refractivity contribution is 9.10. The van der Waals surface area contributed by atoms with E-state index in [2.05, 4.69) is 25.9 Å². The zero-order valence-corrected chi connectivity index (χ0v) is 16.7. The van der Waals surface area contributed by atoms with Crippen molar-refractivity contribution in [1.82, 2.24) is 9.97 Å². The van der Waals surface area contributed by atoms with Crippen LogP contribution in [0.2, 0.25) is 0 Å². The molecule has 0 N–H and O–H groups in total. The van der Waals surface area contributed by atoms with Crippen LogP contribution in [-0.2, 0) is 16.4 Å². The van der Waals surface area contributed by atoms with Gasteiger partial charge in [-0.3, -0.25) is 0 Å². The number of sulfone groups is 1. The molecule has 1 aromatic heterocycles. The second kappa shape index (κ2) is 7.28. The Morgan fingerprint density at radius 3 is 2.62 bits per heavy atom. The summed E-state index contributed by atoms with van der Waals surface area (Å²) in [5, 5.41) is 0.618. The van der Waals surface area contributed by atoms with Gasteiger partial charge in [-0.2, -0.15) is 0 Å². The maximum Gasteiger partial charge on any atom is 0.175 e. The van der Waals surface area contributed by atoms with Crippen LogP contribution in [0.5, 0.6) is 0 Å². The summed E-state index contributed by atoms with van der Waals surface area (Å²) in [7, 11) is -3.35. The fourth-order valence-electron chi connectivity index (χ4n) is 2.71. The van der Waals surface area contributed by atoms with Crippen LogP contribution in [0.25, 0.3) is 10.9 Å². The fraction of sp³-hybridized carbons (Fsp3) is 0.222. The molecule has 0 bridgehead atoms. The number of halogens is 2. The Morgan fingerprint density at radius 1 is 1.15 bits per heavy atom. The molecule has 0 spiro atoms. The van der Waals surface area contributed by atoms with E-state index >= 15 is 0 Å². The summed E-state index contributed by atoms with van der Waals surface area (Å²) in [5.74, 6) is 0.268. The van der Waals surface area contributed by atoms with Gasteiger partial charge in [0.05, 0.1) is 10.4 Å². The molecule has 2 aromatic carbocycles. The Kier molecular flexibility index (Phi) is 5.24. The second-order valence-electron chi connectivity index (χ2n) is 5.90. The van der Waals surface area contributed by atoms with Gasteiger partial charge in [0.25, 0.3) is 0 Å². The fourth-order valence-corrected chi connectivity index (χ4v) is 3.77. The molecule has 1 heterocycles. The van der Waals surface area contributed by atoms with Crippen LogP contribution >= 0.6 is 15.9 Å². The molecular formula is C18H17BrFN3O2S. The lowest BCUT2D eigenvalue weighted by Gasteiger charge is -2.23. The van der Waals surface area contributed by atoms with Gasteiger partial charge in [0, 0.05) is 34.8 Å². The van der Waals surface area contributed by atoms with Crippen molar-refractivity contribution >= 4 is 42.5 Å². The van der Waals surface area contributed by atoms with E-state index in [4.69, 9.17) is 0 Å². The molecule has 0 aliphatic heterocycles. The third-order valence-electron chi connectivity index (χ3n) is 4.06. The van der Waals surface area contributed by atoms with E-state index in [0.717, 1.165) is 10.7 Å². The van der Waals surface area contributed by atoms with E-state index in [0.29, 0.717) is 35.4 Å². The van der Waals surface area contributed by atoms with E-state index in [1.807, 2.05) is 11.8 Å². The second-order valence-corrected chi connectivity index (χ2v) is 8.83. The summed E-state index contributed by atoms with van der Waals surface area (Å²) in [5.41, 5.74) is 1.16. The van der Waals surface area contributed by atoms with Crippen molar-refractivity contribution in [3.8, 4) is 0 Å². The number of hydrogen-bond acceptors (Lipinski definition) is 5. The number of anilines is 1. The summed E-state index contributed by atoms with van der Waals surface area (Å²) in [4.78, 5) is 10.6. The Morgan fingerprint density at radius 2 is 1.92 bits per heavy atom. The first-order chi connectivity index (χ1) is 12.3. The Hall–Kier alpha value is -2.06. The van der Waals surface area contributed by atoms with Crippen LogP contribution in [-0.4, -0.2) is 31.2 Å². The molecular weight excluding hydrogens is 421 g/mol. The minimum Gasteiger partial charge on any atom is -0.352 e. The topological polar surface area (TPSA) is 63.2 Å². The van der Waals surface area contributed by atoms with Crippen molar-refractivity contribution < 1.29 is 12.8 Å². The van der Waals surface area contributed by atoms with Crippen molar-refractivity contribution in [2.24, 2.45) is 0 Å². The van der Waals surface area contributed by atoms with Gasteiger partial charge < -0.3 is 4.90 Å². The van der Waals surface area contributed by atoms with Crippen LogP contribution in [0.1, 0.15) is 12.5 Å². The number of rotatable bonds is 5. The smallest absolute Gasteiger partial charge is 0.175 e. The maximum absolute atomic E-state index is 14.2. The monoisotopic (exact) mass is 437 g/mol. The number of hydrogen-bond donors (Lipinski definition) is 0. The van der Waals surface area contributed by atoms with Crippen LogP contribution in [0.3, 0.4) is 0 Å². The molecule has 0 atom stereocenters. The first-order valence-corrected chi connectivity index (χ1v) is 10.6.